The van der Waals surface area contributed by atoms with Gasteiger partial charge in [0.15, 0.2) is 6.10 Å². The Labute approximate surface area is 134 Å². The summed E-state index contributed by atoms with van der Waals surface area (Å²) >= 11 is 0. The molecule has 0 spiro atoms. The smallest absolute Gasteiger partial charge is 0.335 e. The van der Waals surface area contributed by atoms with Gasteiger partial charge in [0.05, 0.1) is 5.56 Å². The number of benzene rings is 2. The Kier molecular flexibility index (Phi) is 5.01. The van der Waals surface area contributed by atoms with E-state index in [1.807, 2.05) is 32.0 Å². The Balaban J connectivity index is 2.02. The zero-order chi connectivity index (χ0) is 17.0. The van der Waals surface area contributed by atoms with Crippen LogP contribution in [0.25, 0.3) is 0 Å². The molecule has 23 heavy (non-hydrogen) atoms. The van der Waals surface area contributed by atoms with Crippen molar-refractivity contribution in [2.75, 3.05) is 5.32 Å². The minimum atomic E-state index is -1.01. The second-order valence-electron chi connectivity index (χ2n) is 5.33. The summed E-state index contributed by atoms with van der Waals surface area (Å²) in [6, 6.07) is 11.7. The molecule has 1 unspecified atom stereocenters. The highest BCUT2D eigenvalue weighted by molar-refractivity contribution is 5.95. The number of hydrogen-bond donors (Lipinski definition) is 2. The fourth-order valence-electron chi connectivity index (χ4n) is 2.04. The molecule has 0 aromatic heterocycles. The SMILES string of the molecule is Cc1cccc(OC(C)C(=O)Nc2ccc(C(=O)O)cc2)c1C. The van der Waals surface area contributed by atoms with Gasteiger partial charge in [0.25, 0.3) is 5.91 Å². The van der Waals surface area contributed by atoms with Gasteiger partial charge in [-0.25, -0.2) is 4.79 Å². The van der Waals surface area contributed by atoms with Gasteiger partial charge >= 0.3 is 5.97 Å². The third-order valence-electron chi connectivity index (χ3n) is 3.63. The third-order valence-corrected chi connectivity index (χ3v) is 3.63. The highest BCUT2D eigenvalue weighted by atomic mass is 16.5. The lowest BCUT2D eigenvalue weighted by molar-refractivity contribution is -0.122. The summed E-state index contributed by atoms with van der Waals surface area (Å²) in [6.07, 6.45) is -0.672. The first-order valence-corrected chi connectivity index (χ1v) is 7.25. The molecule has 0 bridgehead atoms. The molecule has 0 radical (unpaired) electrons. The summed E-state index contributed by atoms with van der Waals surface area (Å²) in [4.78, 5) is 23.0. The maximum absolute atomic E-state index is 12.2. The van der Waals surface area contributed by atoms with E-state index in [1.54, 1.807) is 19.1 Å². The Morgan fingerprint density at radius 3 is 2.35 bits per heavy atom. The first kappa shape index (κ1) is 16.5. The number of ether oxygens (including phenoxy) is 1. The van der Waals surface area contributed by atoms with Gasteiger partial charge in [0, 0.05) is 5.69 Å². The van der Waals surface area contributed by atoms with Crippen LogP contribution in [0.3, 0.4) is 0 Å². The summed E-state index contributed by atoms with van der Waals surface area (Å²) in [5.74, 6) is -0.627. The van der Waals surface area contributed by atoms with Gasteiger partial charge in [-0.05, 0) is 62.2 Å². The Morgan fingerprint density at radius 2 is 1.74 bits per heavy atom. The average Bonchev–Trinajstić information content (AvgIpc) is 2.52. The molecular weight excluding hydrogens is 294 g/mol. The van der Waals surface area contributed by atoms with Crippen molar-refractivity contribution in [3.63, 3.8) is 0 Å². The van der Waals surface area contributed by atoms with Crippen LogP contribution in [-0.2, 0) is 4.79 Å². The van der Waals surface area contributed by atoms with Crippen LogP contribution in [0.5, 0.6) is 5.75 Å². The number of carbonyl (C=O) groups excluding carboxylic acids is 1. The minimum absolute atomic E-state index is 0.169. The molecule has 120 valence electrons. The van der Waals surface area contributed by atoms with Gasteiger partial charge in [0.1, 0.15) is 5.75 Å². The van der Waals surface area contributed by atoms with E-state index in [1.165, 1.54) is 12.1 Å². The summed E-state index contributed by atoms with van der Waals surface area (Å²) in [6.45, 7) is 5.60. The van der Waals surface area contributed by atoms with E-state index in [4.69, 9.17) is 9.84 Å². The molecule has 2 aromatic rings. The molecule has 2 rings (SSSR count). The van der Waals surface area contributed by atoms with Crippen molar-refractivity contribution in [1.29, 1.82) is 0 Å². The van der Waals surface area contributed by atoms with Crippen molar-refractivity contribution in [1.82, 2.24) is 0 Å². The lowest BCUT2D eigenvalue weighted by atomic mass is 10.1. The van der Waals surface area contributed by atoms with Crippen molar-refractivity contribution >= 4 is 17.6 Å². The molecule has 0 aliphatic rings. The van der Waals surface area contributed by atoms with Crippen LogP contribution in [0.4, 0.5) is 5.69 Å². The number of aryl methyl sites for hydroxylation is 1. The van der Waals surface area contributed by atoms with Gasteiger partial charge in [-0.2, -0.15) is 0 Å². The average molecular weight is 313 g/mol. The summed E-state index contributed by atoms with van der Waals surface area (Å²) in [7, 11) is 0. The number of carbonyl (C=O) groups is 2. The molecule has 2 aromatic carbocycles. The van der Waals surface area contributed by atoms with E-state index < -0.39 is 12.1 Å². The predicted molar refractivity (Wildman–Crippen MR) is 88.0 cm³/mol. The number of rotatable bonds is 5. The molecule has 0 fully saturated rings. The normalized spacial score (nSPS) is 11.6. The van der Waals surface area contributed by atoms with Crippen molar-refractivity contribution < 1.29 is 19.4 Å². The quantitative estimate of drug-likeness (QED) is 0.887. The van der Waals surface area contributed by atoms with Crippen molar-refractivity contribution in [2.24, 2.45) is 0 Å². The number of hydrogen-bond acceptors (Lipinski definition) is 3. The monoisotopic (exact) mass is 313 g/mol. The number of amides is 1. The van der Waals surface area contributed by atoms with Crippen LogP contribution in [0.2, 0.25) is 0 Å². The van der Waals surface area contributed by atoms with Crippen molar-refractivity contribution in [3.05, 3.63) is 59.2 Å². The van der Waals surface area contributed by atoms with Crippen LogP contribution in [0, 0.1) is 13.8 Å². The summed E-state index contributed by atoms with van der Waals surface area (Å²) < 4.78 is 5.72. The second kappa shape index (κ2) is 6.96. The van der Waals surface area contributed by atoms with Crippen molar-refractivity contribution in [2.45, 2.75) is 26.9 Å². The van der Waals surface area contributed by atoms with E-state index in [0.29, 0.717) is 11.4 Å². The van der Waals surface area contributed by atoms with E-state index in [0.717, 1.165) is 11.1 Å². The maximum atomic E-state index is 12.2. The predicted octanol–water partition coefficient (Wildman–Crippen LogP) is 3.41. The molecule has 0 heterocycles. The molecular formula is C18H19NO4. The number of nitrogens with one attached hydrogen (secondary N) is 1. The maximum Gasteiger partial charge on any atom is 0.335 e. The first-order chi connectivity index (χ1) is 10.9. The second-order valence-corrected chi connectivity index (χ2v) is 5.33. The van der Waals surface area contributed by atoms with E-state index >= 15 is 0 Å². The van der Waals surface area contributed by atoms with E-state index in [-0.39, 0.29) is 11.5 Å². The number of anilines is 1. The summed E-state index contributed by atoms with van der Waals surface area (Å²) in [5, 5.41) is 11.6. The van der Waals surface area contributed by atoms with Crippen LogP contribution in [-0.4, -0.2) is 23.1 Å². The largest absolute Gasteiger partial charge is 0.481 e. The Hall–Kier alpha value is -2.82. The fourth-order valence-corrected chi connectivity index (χ4v) is 2.04. The van der Waals surface area contributed by atoms with Gasteiger partial charge in [0.2, 0.25) is 0 Å². The molecule has 1 atom stereocenters. The molecule has 0 aliphatic heterocycles. The Bertz CT molecular complexity index is 722. The van der Waals surface area contributed by atoms with E-state index in [2.05, 4.69) is 5.32 Å². The lowest BCUT2D eigenvalue weighted by Gasteiger charge is -2.17. The van der Waals surface area contributed by atoms with Crippen LogP contribution in [0.1, 0.15) is 28.4 Å². The molecule has 0 saturated heterocycles. The lowest BCUT2D eigenvalue weighted by Crippen LogP contribution is -2.30. The highest BCUT2D eigenvalue weighted by Gasteiger charge is 2.16. The molecule has 2 N–H and O–H groups in total. The molecule has 0 aliphatic carbocycles. The minimum Gasteiger partial charge on any atom is -0.481 e. The fraction of sp³-hybridized carbons (Fsp3) is 0.222. The molecule has 5 nitrogen and oxygen atoms in total. The molecule has 1 amide bonds. The topological polar surface area (TPSA) is 75.6 Å². The van der Waals surface area contributed by atoms with Crippen LogP contribution in [0.15, 0.2) is 42.5 Å². The number of aromatic carboxylic acids is 1. The van der Waals surface area contributed by atoms with E-state index in [9.17, 15) is 9.59 Å². The highest BCUT2D eigenvalue weighted by Crippen LogP contribution is 2.22. The zero-order valence-electron chi connectivity index (χ0n) is 13.3. The van der Waals surface area contributed by atoms with Gasteiger partial charge in [-0.1, -0.05) is 12.1 Å². The number of carboxylic acid groups (broad SMARTS) is 1. The van der Waals surface area contributed by atoms with Crippen molar-refractivity contribution in [3.8, 4) is 5.75 Å². The van der Waals surface area contributed by atoms with Crippen LogP contribution >= 0.6 is 0 Å². The van der Waals surface area contributed by atoms with Gasteiger partial charge in [-0.3, -0.25) is 4.79 Å². The first-order valence-electron chi connectivity index (χ1n) is 7.25. The Morgan fingerprint density at radius 1 is 1.09 bits per heavy atom. The molecule has 0 saturated carbocycles. The number of carboxylic acids is 1. The zero-order valence-corrected chi connectivity index (χ0v) is 13.3. The summed E-state index contributed by atoms with van der Waals surface area (Å²) in [5.41, 5.74) is 2.79. The standard InChI is InChI=1S/C18H19NO4/c1-11-5-4-6-16(12(11)2)23-13(3)17(20)19-15-9-7-14(8-10-15)18(21)22/h4-10,13H,1-3H3,(H,19,20)(H,21,22). The van der Waals surface area contributed by atoms with Crippen LogP contribution < -0.4 is 10.1 Å². The van der Waals surface area contributed by atoms with Gasteiger partial charge < -0.3 is 15.2 Å². The third kappa shape index (κ3) is 4.10. The van der Waals surface area contributed by atoms with Gasteiger partial charge in [-0.15, -0.1) is 0 Å². The molecule has 5 heteroatoms.